The van der Waals surface area contributed by atoms with Gasteiger partial charge in [0.15, 0.2) is 0 Å². The van der Waals surface area contributed by atoms with E-state index in [1.807, 2.05) is 53.2 Å². The van der Waals surface area contributed by atoms with Crippen molar-refractivity contribution >= 4 is 28.2 Å². The molecule has 2 heterocycles. The highest BCUT2D eigenvalue weighted by molar-refractivity contribution is 9.10. The monoisotopic (exact) mass is 381 g/mol. The molecule has 1 aromatic heterocycles. The van der Waals surface area contributed by atoms with Gasteiger partial charge in [-0.2, -0.15) is 0 Å². The number of benzene rings is 2. The lowest BCUT2D eigenvalue weighted by Crippen LogP contribution is -2.37. The standard InChI is InChI=1S/C19H16BrN3O/c20-15-8-6-14(7-9-15)18-16(12-24)17(13-4-2-1-3-5-13)22-19-21-10-11-23(18)19/h1-12,16-18H,(H,21,22)/t16-,17-,18+/m0/s1. The lowest BCUT2D eigenvalue weighted by atomic mass is 9.83. The molecule has 0 saturated heterocycles. The largest absolute Gasteiger partial charge is 0.348 e. The highest BCUT2D eigenvalue weighted by Gasteiger charge is 2.38. The third-order valence-electron chi connectivity index (χ3n) is 4.53. The summed E-state index contributed by atoms with van der Waals surface area (Å²) in [5.74, 6) is 0.560. The molecule has 0 bridgehead atoms. The van der Waals surface area contributed by atoms with Gasteiger partial charge in [-0.1, -0.05) is 58.4 Å². The zero-order valence-corrected chi connectivity index (χ0v) is 14.4. The molecule has 4 nitrogen and oxygen atoms in total. The van der Waals surface area contributed by atoms with Crippen molar-refractivity contribution in [3.05, 3.63) is 82.6 Å². The number of hydrogen-bond acceptors (Lipinski definition) is 3. The first-order valence-corrected chi connectivity index (χ1v) is 8.62. The van der Waals surface area contributed by atoms with Crippen molar-refractivity contribution in [2.24, 2.45) is 5.92 Å². The van der Waals surface area contributed by atoms with Gasteiger partial charge >= 0.3 is 0 Å². The van der Waals surface area contributed by atoms with Crippen molar-refractivity contribution in [2.45, 2.75) is 12.1 Å². The molecule has 1 N–H and O–H groups in total. The highest BCUT2D eigenvalue weighted by atomic mass is 79.9. The van der Waals surface area contributed by atoms with Gasteiger partial charge in [0.2, 0.25) is 5.95 Å². The van der Waals surface area contributed by atoms with E-state index in [2.05, 4.69) is 38.4 Å². The summed E-state index contributed by atoms with van der Waals surface area (Å²) in [6.45, 7) is 0. The lowest BCUT2D eigenvalue weighted by molar-refractivity contribution is -0.112. The second-order valence-corrected chi connectivity index (χ2v) is 6.82. The summed E-state index contributed by atoms with van der Waals surface area (Å²) in [5, 5.41) is 3.42. The summed E-state index contributed by atoms with van der Waals surface area (Å²) in [6.07, 6.45) is 4.75. The molecular formula is C19H16BrN3O. The Morgan fingerprint density at radius 3 is 2.50 bits per heavy atom. The Morgan fingerprint density at radius 2 is 1.79 bits per heavy atom. The number of rotatable bonds is 3. The molecule has 0 aliphatic carbocycles. The number of hydrogen-bond donors (Lipinski definition) is 1. The second kappa shape index (κ2) is 6.24. The van der Waals surface area contributed by atoms with E-state index in [0.29, 0.717) is 0 Å². The van der Waals surface area contributed by atoms with Crippen LogP contribution in [0.2, 0.25) is 0 Å². The van der Waals surface area contributed by atoms with Crippen molar-refractivity contribution in [1.82, 2.24) is 9.55 Å². The summed E-state index contributed by atoms with van der Waals surface area (Å²) in [6, 6.07) is 18.0. The minimum absolute atomic E-state index is 0.0837. The zero-order valence-electron chi connectivity index (χ0n) is 12.8. The number of imidazole rings is 1. The first kappa shape index (κ1) is 15.1. The molecule has 3 aromatic rings. The molecule has 2 aromatic carbocycles. The van der Waals surface area contributed by atoms with Crippen LogP contribution in [0.15, 0.2) is 71.5 Å². The van der Waals surface area contributed by atoms with E-state index in [0.717, 1.165) is 27.8 Å². The number of aromatic nitrogens is 2. The molecule has 0 radical (unpaired) electrons. The van der Waals surface area contributed by atoms with Crippen LogP contribution in [0.3, 0.4) is 0 Å². The summed E-state index contributed by atoms with van der Waals surface area (Å²) >= 11 is 3.47. The van der Waals surface area contributed by atoms with Crippen LogP contribution < -0.4 is 5.32 Å². The van der Waals surface area contributed by atoms with E-state index >= 15 is 0 Å². The lowest BCUT2D eigenvalue weighted by Gasteiger charge is -2.38. The van der Waals surface area contributed by atoms with Crippen molar-refractivity contribution in [2.75, 3.05) is 5.32 Å². The predicted octanol–water partition coefficient (Wildman–Crippen LogP) is 4.22. The van der Waals surface area contributed by atoms with Gasteiger partial charge in [-0.15, -0.1) is 0 Å². The van der Waals surface area contributed by atoms with Crippen LogP contribution >= 0.6 is 15.9 Å². The topological polar surface area (TPSA) is 46.9 Å². The minimum atomic E-state index is -0.227. The Labute approximate surface area is 148 Å². The summed E-state index contributed by atoms with van der Waals surface area (Å²) in [4.78, 5) is 16.5. The summed E-state index contributed by atoms with van der Waals surface area (Å²) < 4.78 is 3.06. The molecule has 0 fully saturated rings. The van der Waals surface area contributed by atoms with Gasteiger partial charge in [-0.05, 0) is 23.3 Å². The smallest absolute Gasteiger partial charge is 0.203 e. The van der Waals surface area contributed by atoms with Gasteiger partial charge < -0.3 is 14.7 Å². The Morgan fingerprint density at radius 1 is 1.04 bits per heavy atom. The zero-order chi connectivity index (χ0) is 16.5. The van der Waals surface area contributed by atoms with Crippen LogP contribution in [0.5, 0.6) is 0 Å². The first-order valence-electron chi connectivity index (χ1n) is 7.83. The molecule has 24 heavy (non-hydrogen) atoms. The SMILES string of the molecule is O=C[C@@H]1[C@@H](c2ccc(Br)cc2)n2ccnc2N[C@H]1c1ccccc1. The number of carbonyl (C=O) groups is 1. The molecule has 0 amide bonds. The van der Waals surface area contributed by atoms with E-state index in [1.54, 1.807) is 6.20 Å². The molecule has 1 aliphatic rings. The second-order valence-electron chi connectivity index (χ2n) is 5.90. The molecule has 0 saturated carbocycles. The molecule has 0 spiro atoms. The highest BCUT2D eigenvalue weighted by Crippen LogP contribution is 2.42. The quantitative estimate of drug-likeness (QED) is 0.690. The molecule has 0 unspecified atom stereocenters. The van der Waals surface area contributed by atoms with Crippen molar-refractivity contribution in [3.63, 3.8) is 0 Å². The first-order chi connectivity index (χ1) is 11.8. The van der Waals surface area contributed by atoms with Crippen LogP contribution in [0.1, 0.15) is 23.2 Å². The maximum atomic E-state index is 12.0. The third-order valence-corrected chi connectivity index (χ3v) is 5.06. The van der Waals surface area contributed by atoms with Crippen molar-refractivity contribution < 1.29 is 4.79 Å². The van der Waals surface area contributed by atoms with Gasteiger partial charge in [0.25, 0.3) is 0 Å². The Balaban J connectivity index is 1.84. The molecule has 1 aliphatic heterocycles. The van der Waals surface area contributed by atoms with Crippen LogP contribution in [0.25, 0.3) is 0 Å². The number of carbonyl (C=O) groups excluding carboxylic acids is 1. The fourth-order valence-corrected chi connectivity index (χ4v) is 3.68. The van der Waals surface area contributed by atoms with Gasteiger partial charge in [0, 0.05) is 16.9 Å². The van der Waals surface area contributed by atoms with Crippen LogP contribution in [0.4, 0.5) is 5.95 Å². The van der Waals surface area contributed by atoms with Crippen LogP contribution in [-0.2, 0) is 4.79 Å². The Bertz CT molecular complexity index is 845. The Hall–Kier alpha value is -2.40. The van der Waals surface area contributed by atoms with Crippen molar-refractivity contribution in [1.29, 1.82) is 0 Å². The fraction of sp³-hybridized carbons (Fsp3) is 0.158. The van der Waals surface area contributed by atoms with Crippen LogP contribution in [-0.4, -0.2) is 15.8 Å². The van der Waals surface area contributed by atoms with Crippen molar-refractivity contribution in [3.8, 4) is 0 Å². The number of anilines is 1. The normalized spacial score (nSPS) is 22.5. The predicted molar refractivity (Wildman–Crippen MR) is 96.9 cm³/mol. The minimum Gasteiger partial charge on any atom is -0.348 e. The molecule has 4 rings (SSSR count). The number of nitrogens with one attached hydrogen (secondary N) is 1. The summed E-state index contributed by atoms with van der Waals surface area (Å²) in [7, 11) is 0. The van der Waals surface area contributed by atoms with E-state index in [4.69, 9.17) is 0 Å². The van der Waals surface area contributed by atoms with Gasteiger partial charge in [0.1, 0.15) is 6.29 Å². The van der Waals surface area contributed by atoms with Gasteiger partial charge in [0.05, 0.1) is 18.0 Å². The third kappa shape index (κ3) is 2.55. The molecule has 120 valence electrons. The van der Waals surface area contributed by atoms with Crippen LogP contribution in [0, 0.1) is 5.92 Å². The van der Waals surface area contributed by atoms with Gasteiger partial charge in [-0.3, -0.25) is 0 Å². The number of halogens is 1. The Kier molecular flexibility index (Phi) is 3.94. The maximum Gasteiger partial charge on any atom is 0.203 e. The number of nitrogens with zero attached hydrogens (tertiary/aromatic N) is 2. The van der Waals surface area contributed by atoms with Gasteiger partial charge in [-0.25, -0.2) is 4.98 Å². The van der Waals surface area contributed by atoms with E-state index in [9.17, 15) is 4.79 Å². The fourth-order valence-electron chi connectivity index (χ4n) is 3.41. The maximum absolute atomic E-state index is 12.0. The average molecular weight is 382 g/mol. The van der Waals surface area contributed by atoms with E-state index in [-0.39, 0.29) is 18.0 Å². The molecule has 3 atom stereocenters. The van der Waals surface area contributed by atoms with E-state index < -0.39 is 0 Å². The molecular weight excluding hydrogens is 366 g/mol. The number of fused-ring (bicyclic) bond motifs is 1. The average Bonchev–Trinajstić information content (AvgIpc) is 3.10. The van der Waals surface area contributed by atoms with E-state index in [1.165, 1.54) is 0 Å². The number of aldehydes is 1. The molecule has 5 heteroatoms. The summed E-state index contributed by atoms with van der Waals surface area (Å²) in [5.41, 5.74) is 2.18.